The number of rotatable bonds is 4. The molecule has 0 aliphatic carbocycles. The predicted molar refractivity (Wildman–Crippen MR) is 108 cm³/mol. The number of amides is 1. The van der Waals surface area contributed by atoms with E-state index in [-0.39, 0.29) is 5.91 Å². The van der Waals surface area contributed by atoms with E-state index < -0.39 is 0 Å². The van der Waals surface area contributed by atoms with Gasteiger partial charge in [-0.2, -0.15) is 5.10 Å². The van der Waals surface area contributed by atoms with Crippen LogP contribution in [0.1, 0.15) is 16.1 Å². The van der Waals surface area contributed by atoms with E-state index in [1.54, 1.807) is 36.4 Å². The van der Waals surface area contributed by atoms with Gasteiger partial charge in [-0.05, 0) is 77.2 Å². The Morgan fingerprint density at radius 1 is 1.04 bits per heavy atom. The van der Waals surface area contributed by atoms with E-state index >= 15 is 0 Å². The van der Waals surface area contributed by atoms with Gasteiger partial charge in [0.25, 0.3) is 5.91 Å². The molecule has 2 aromatic carbocycles. The normalized spacial score (nSPS) is 11.0. The summed E-state index contributed by atoms with van der Waals surface area (Å²) in [5.41, 5.74) is 3.80. The summed E-state index contributed by atoms with van der Waals surface area (Å²) in [6, 6.07) is 16.0. The van der Waals surface area contributed by atoms with Crippen LogP contribution in [0.4, 0.5) is 0 Å². The van der Waals surface area contributed by atoms with Crippen molar-refractivity contribution in [2.75, 3.05) is 0 Å². The Hall–Kier alpha value is -1.83. The summed E-state index contributed by atoms with van der Waals surface area (Å²) in [5, 5.41) is 4.85. The Kier molecular flexibility index (Phi) is 5.78. The van der Waals surface area contributed by atoms with E-state index in [1.807, 2.05) is 18.2 Å². The van der Waals surface area contributed by atoms with E-state index in [2.05, 4.69) is 33.1 Å². The van der Waals surface area contributed by atoms with Crippen LogP contribution in [-0.2, 0) is 0 Å². The first-order chi connectivity index (χ1) is 12.0. The fourth-order valence-corrected chi connectivity index (χ4v) is 2.70. The van der Waals surface area contributed by atoms with Crippen molar-refractivity contribution in [3.63, 3.8) is 0 Å². The van der Waals surface area contributed by atoms with Crippen LogP contribution in [0.25, 0.3) is 11.3 Å². The van der Waals surface area contributed by atoms with Crippen molar-refractivity contribution in [2.45, 2.75) is 0 Å². The number of benzene rings is 2. The molecule has 7 heteroatoms. The van der Waals surface area contributed by atoms with Gasteiger partial charge in [-0.1, -0.05) is 23.2 Å². The zero-order valence-corrected chi connectivity index (χ0v) is 16.3. The first kappa shape index (κ1) is 18.0. The summed E-state index contributed by atoms with van der Waals surface area (Å²) in [4.78, 5) is 12.0. The molecule has 0 fully saturated rings. The van der Waals surface area contributed by atoms with Gasteiger partial charge in [-0.3, -0.25) is 4.79 Å². The lowest BCUT2D eigenvalue weighted by atomic mass is 10.2. The lowest BCUT2D eigenvalue weighted by Crippen LogP contribution is -2.17. The van der Waals surface area contributed by atoms with Crippen molar-refractivity contribution in [1.82, 2.24) is 5.43 Å². The third-order valence-corrected chi connectivity index (χ3v) is 4.75. The molecule has 1 amide bonds. The van der Waals surface area contributed by atoms with Crippen LogP contribution < -0.4 is 5.43 Å². The van der Waals surface area contributed by atoms with Crippen LogP contribution in [0, 0.1) is 3.57 Å². The molecule has 0 radical (unpaired) electrons. The Labute approximate surface area is 168 Å². The second-order valence-electron chi connectivity index (χ2n) is 5.04. The van der Waals surface area contributed by atoms with Crippen molar-refractivity contribution in [1.29, 1.82) is 0 Å². The Balaban J connectivity index is 1.66. The van der Waals surface area contributed by atoms with Crippen LogP contribution in [-0.4, -0.2) is 12.1 Å². The minimum atomic E-state index is -0.288. The lowest BCUT2D eigenvalue weighted by Gasteiger charge is -2.00. The van der Waals surface area contributed by atoms with Crippen molar-refractivity contribution in [3.8, 4) is 11.3 Å². The molecule has 0 spiro atoms. The molecule has 1 aromatic heterocycles. The third-order valence-electron chi connectivity index (χ3n) is 3.30. The highest BCUT2D eigenvalue weighted by Gasteiger charge is 2.07. The van der Waals surface area contributed by atoms with E-state index in [0.717, 1.165) is 9.13 Å². The van der Waals surface area contributed by atoms with Crippen LogP contribution in [0.2, 0.25) is 10.0 Å². The maximum absolute atomic E-state index is 12.0. The molecule has 0 bridgehead atoms. The van der Waals surface area contributed by atoms with Gasteiger partial charge in [0.05, 0.1) is 16.3 Å². The maximum Gasteiger partial charge on any atom is 0.271 e. The molecule has 3 aromatic rings. The third kappa shape index (κ3) is 4.62. The highest BCUT2D eigenvalue weighted by Crippen LogP contribution is 2.29. The number of halogens is 3. The summed E-state index contributed by atoms with van der Waals surface area (Å²) in [7, 11) is 0. The van der Waals surface area contributed by atoms with Gasteiger partial charge in [-0.25, -0.2) is 5.43 Å². The van der Waals surface area contributed by atoms with Crippen molar-refractivity contribution >= 4 is 57.9 Å². The summed E-state index contributed by atoms with van der Waals surface area (Å²) in [6.45, 7) is 0. The number of carbonyl (C=O) groups excluding carboxylic acids is 1. The van der Waals surface area contributed by atoms with Gasteiger partial charge >= 0.3 is 0 Å². The number of carbonyl (C=O) groups is 1. The first-order valence-corrected chi connectivity index (χ1v) is 9.00. The standard InChI is InChI=1S/C18H11Cl2IN2O2/c19-15-7-3-12(9-16(15)20)17-8-6-14(25-17)10-22-23-18(24)11-1-4-13(21)5-2-11/h1-10H,(H,23,24)/b22-10-. The molecule has 1 heterocycles. The summed E-state index contributed by atoms with van der Waals surface area (Å²) >= 11 is 14.1. The highest BCUT2D eigenvalue weighted by atomic mass is 127. The Morgan fingerprint density at radius 3 is 2.52 bits per heavy atom. The second-order valence-corrected chi connectivity index (χ2v) is 7.10. The van der Waals surface area contributed by atoms with Gasteiger partial charge in [0.15, 0.2) is 0 Å². The topological polar surface area (TPSA) is 54.6 Å². The second kappa shape index (κ2) is 8.03. The predicted octanol–water partition coefficient (Wildman–Crippen LogP) is 5.62. The summed E-state index contributed by atoms with van der Waals surface area (Å²) in [6.07, 6.45) is 1.44. The largest absolute Gasteiger partial charge is 0.455 e. The molecule has 126 valence electrons. The SMILES string of the molecule is O=C(N/N=C\c1ccc(-c2ccc(Cl)c(Cl)c2)o1)c1ccc(I)cc1. The van der Waals surface area contributed by atoms with Gasteiger partial charge < -0.3 is 4.42 Å². The number of hydrogen-bond acceptors (Lipinski definition) is 3. The molecule has 0 aliphatic rings. The van der Waals surface area contributed by atoms with Gasteiger partial charge in [0.2, 0.25) is 0 Å². The van der Waals surface area contributed by atoms with Crippen molar-refractivity contribution < 1.29 is 9.21 Å². The smallest absolute Gasteiger partial charge is 0.271 e. The molecule has 0 saturated heterocycles. The molecule has 0 aliphatic heterocycles. The number of nitrogens with zero attached hydrogens (tertiary/aromatic N) is 1. The van der Waals surface area contributed by atoms with E-state index in [9.17, 15) is 4.79 Å². The maximum atomic E-state index is 12.0. The van der Waals surface area contributed by atoms with Crippen molar-refractivity contribution in [2.24, 2.45) is 5.10 Å². The monoisotopic (exact) mass is 484 g/mol. The Morgan fingerprint density at radius 2 is 1.80 bits per heavy atom. The molecular weight excluding hydrogens is 474 g/mol. The van der Waals surface area contributed by atoms with Gasteiger partial charge in [0.1, 0.15) is 11.5 Å². The van der Waals surface area contributed by atoms with E-state index in [0.29, 0.717) is 27.1 Å². The fraction of sp³-hybridized carbons (Fsp3) is 0. The van der Waals surface area contributed by atoms with Crippen LogP contribution in [0.3, 0.4) is 0 Å². The van der Waals surface area contributed by atoms with Crippen LogP contribution >= 0.6 is 45.8 Å². The molecule has 1 N–H and O–H groups in total. The number of furan rings is 1. The van der Waals surface area contributed by atoms with Crippen LogP contribution in [0.5, 0.6) is 0 Å². The quantitative estimate of drug-likeness (QED) is 0.297. The molecular formula is C18H11Cl2IN2O2. The number of nitrogens with one attached hydrogen (secondary N) is 1. The molecule has 4 nitrogen and oxygen atoms in total. The summed E-state index contributed by atoms with van der Waals surface area (Å²) < 4.78 is 6.72. The molecule has 3 rings (SSSR count). The van der Waals surface area contributed by atoms with Gasteiger partial charge in [0, 0.05) is 14.7 Å². The average molecular weight is 485 g/mol. The minimum absolute atomic E-state index is 0.288. The molecule has 0 atom stereocenters. The number of hydrazone groups is 1. The fourth-order valence-electron chi connectivity index (χ4n) is 2.05. The summed E-state index contributed by atoms with van der Waals surface area (Å²) in [5.74, 6) is 0.844. The first-order valence-electron chi connectivity index (χ1n) is 7.17. The highest BCUT2D eigenvalue weighted by molar-refractivity contribution is 14.1. The van der Waals surface area contributed by atoms with Gasteiger partial charge in [-0.15, -0.1) is 0 Å². The lowest BCUT2D eigenvalue weighted by molar-refractivity contribution is 0.0955. The molecule has 25 heavy (non-hydrogen) atoms. The average Bonchev–Trinajstić information content (AvgIpc) is 3.07. The van der Waals surface area contributed by atoms with Crippen molar-refractivity contribution in [3.05, 3.63) is 79.5 Å². The minimum Gasteiger partial charge on any atom is -0.455 e. The zero-order valence-electron chi connectivity index (χ0n) is 12.7. The number of hydrogen-bond donors (Lipinski definition) is 1. The van der Waals surface area contributed by atoms with E-state index in [1.165, 1.54) is 6.21 Å². The molecule has 0 saturated carbocycles. The Bertz CT molecular complexity index is 937. The van der Waals surface area contributed by atoms with E-state index in [4.69, 9.17) is 27.6 Å². The zero-order chi connectivity index (χ0) is 17.8. The van der Waals surface area contributed by atoms with Crippen LogP contribution in [0.15, 0.2) is 64.1 Å². The molecule has 0 unspecified atom stereocenters.